The van der Waals surface area contributed by atoms with Crippen molar-refractivity contribution in [1.82, 2.24) is 0 Å². The van der Waals surface area contributed by atoms with E-state index in [9.17, 15) is 4.79 Å². The predicted molar refractivity (Wildman–Crippen MR) is 209 cm³/mol. The van der Waals surface area contributed by atoms with Gasteiger partial charge in [-0.3, -0.25) is 0 Å². The van der Waals surface area contributed by atoms with Gasteiger partial charge in [-0.05, 0) is 118 Å². The normalized spacial score (nSPS) is 10.6. The van der Waals surface area contributed by atoms with Crippen molar-refractivity contribution in [2.75, 3.05) is 13.2 Å². The maximum absolute atomic E-state index is 10.8. The summed E-state index contributed by atoms with van der Waals surface area (Å²) in [6.07, 6.45) is 2.07. The topological polar surface area (TPSA) is 74.2 Å². The molecule has 7 aromatic carbocycles. The number of benzene rings is 7. The molecule has 1 N–H and O–H groups in total. The third-order valence-electron chi connectivity index (χ3n) is 8.45. The first-order chi connectivity index (χ1) is 26.1. The van der Waals surface area contributed by atoms with Crippen LogP contribution >= 0.6 is 0 Å². The van der Waals surface area contributed by atoms with Crippen molar-refractivity contribution in [2.45, 2.75) is 0 Å². The minimum atomic E-state index is -1.03. The van der Waals surface area contributed by atoms with Crippen molar-refractivity contribution in [3.63, 3.8) is 0 Å². The van der Waals surface area contributed by atoms with Crippen molar-refractivity contribution in [2.24, 2.45) is 0 Å². The number of carboxylic acids is 1. The standard InChI is InChI=1S/C47H36O6/c48-47(49)33-51-41-29-27-40(28-30-41)50-32-31-46(38-15-11-34(12-16-38)36-19-23-44(24-20-36)52-42-7-3-1-4-8-42)39-17-13-35(14-18-39)37-21-25-45(26-22-37)53-43-9-5-2-6-10-43/h1-31H,32-33H2,(H,48,49). The maximum atomic E-state index is 10.8. The van der Waals surface area contributed by atoms with Crippen LogP contribution in [0.25, 0.3) is 27.8 Å². The molecular formula is C47H36O6. The molecule has 0 spiro atoms. The molecule has 0 saturated carbocycles. The second kappa shape index (κ2) is 16.8. The van der Waals surface area contributed by atoms with Crippen molar-refractivity contribution in [3.8, 4) is 56.8 Å². The summed E-state index contributed by atoms with van der Waals surface area (Å²) >= 11 is 0. The largest absolute Gasteiger partial charge is 0.490 e. The average Bonchev–Trinajstić information content (AvgIpc) is 3.21. The van der Waals surface area contributed by atoms with Crippen LogP contribution in [0.15, 0.2) is 188 Å². The van der Waals surface area contributed by atoms with Gasteiger partial charge in [-0.1, -0.05) is 109 Å². The summed E-state index contributed by atoms with van der Waals surface area (Å²) in [4.78, 5) is 10.8. The molecule has 0 bridgehead atoms. The van der Waals surface area contributed by atoms with Crippen LogP contribution in [0, 0.1) is 0 Å². The molecule has 0 aliphatic carbocycles. The van der Waals surface area contributed by atoms with Crippen molar-refractivity contribution >= 4 is 11.5 Å². The Morgan fingerprint density at radius 2 is 0.755 bits per heavy atom. The summed E-state index contributed by atoms with van der Waals surface area (Å²) in [7, 11) is 0. The molecule has 0 aliphatic heterocycles. The zero-order chi connectivity index (χ0) is 36.2. The molecule has 0 saturated heterocycles. The lowest BCUT2D eigenvalue weighted by Crippen LogP contribution is -2.09. The van der Waals surface area contributed by atoms with Gasteiger partial charge in [0.1, 0.15) is 41.1 Å². The Balaban J connectivity index is 1.09. The van der Waals surface area contributed by atoms with Gasteiger partial charge in [-0.25, -0.2) is 4.79 Å². The molecule has 0 aliphatic rings. The van der Waals surface area contributed by atoms with Crippen LogP contribution < -0.4 is 18.9 Å². The number of rotatable bonds is 14. The Morgan fingerprint density at radius 3 is 1.15 bits per heavy atom. The monoisotopic (exact) mass is 696 g/mol. The lowest BCUT2D eigenvalue weighted by molar-refractivity contribution is -0.139. The van der Waals surface area contributed by atoms with Gasteiger partial charge in [0.15, 0.2) is 6.61 Å². The van der Waals surface area contributed by atoms with Crippen LogP contribution in [0.5, 0.6) is 34.5 Å². The number of carbonyl (C=O) groups is 1. The quantitative estimate of drug-likeness (QED) is 0.122. The first-order valence-corrected chi connectivity index (χ1v) is 17.2. The van der Waals surface area contributed by atoms with Gasteiger partial charge in [0, 0.05) is 0 Å². The molecular weight excluding hydrogens is 661 g/mol. The van der Waals surface area contributed by atoms with Gasteiger partial charge in [-0.15, -0.1) is 0 Å². The summed E-state index contributed by atoms with van der Waals surface area (Å²) in [5, 5.41) is 8.88. The Kier molecular flexibility index (Phi) is 10.9. The highest BCUT2D eigenvalue weighted by atomic mass is 16.5. The molecule has 0 amide bonds. The predicted octanol–water partition coefficient (Wildman–Crippen LogP) is 11.6. The summed E-state index contributed by atoms with van der Waals surface area (Å²) < 4.78 is 23.3. The van der Waals surface area contributed by atoms with E-state index in [0.717, 1.165) is 62.0 Å². The number of ether oxygens (including phenoxy) is 4. The summed E-state index contributed by atoms with van der Waals surface area (Å²) in [5.74, 6) is 3.25. The molecule has 0 fully saturated rings. The lowest BCUT2D eigenvalue weighted by Gasteiger charge is -2.13. The van der Waals surface area contributed by atoms with E-state index in [-0.39, 0.29) is 0 Å². The number of hydrogen-bond donors (Lipinski definition) is 1. The van der Waals surface area contributed by atoms with Gasteiger partial charge >= 0.3 is 5.97 Å². The van der Waals surface area contributed by atoms with Crippen molar-refractivity contribution in [1.29, 1.82) is 0 Å². The minimum absolute atomic E-state index is 0.319. The smallest absolute Gasteiger partial charge is 0.341 e. The molecule has 0 heterocycles. The molecule has 6 nitrogen and oxygen atoms in total. The second-order valence-corrected chi connectivity index (χ2v) is 12.1. The lowest BCUT2D eigenvalue weighted by atomic mass is 9.94. The average molecular weight is 697 g/mol. The first-order valence-electron chi connectivity index (χ1n) is 17.2. The third-order valence-corrected chi connectivity index (χ3v) is 8.45. The fourth-order valence-electron chi connectivity index (χ4n) is 5.77. The molecule has 53 heavy (non-hydrogen) atoms. The highest BCUT2D eigenvalue weighted by Gasteiger charge is 2.09. The molecule has 6 heteroatoms. The Morgan fingerprint density at radius 1 is 0.415 bits per heavy atom. The molecule has 0 radical (unpaired) electrons. The van der Waals surface area contributed by atoms with Gasteiger partial charge in [0.25, 0.3) is 0 Å². The fraction of sp³-hybridized carbons (Fsp3) is 0.0426. The Bertz CT molecular complexity index is 2120. The molecule has 0 aromatic heterocycles. The Labute approximate surface area is 308 Å². The molecule has 7 aromatic rings. The van der Waals surface area contributed by atoms with Crippen molar-refractivity contribution < 1.29 is 28.8 Å². The van der Waals surface area contributed by atoms with Crippen LogP contribution in [0.4, 0.5) is 0 Å². The van der Waals surface area contributed by atoms with E-state index in [2.05, 4.69) is 78.9 Å². The van der Waals surface area contributed by atoms with E-state index in [1.165, 1.54) is 0 Å². The van der Waals surface area contributed by atoms with Gasteiger partial charge in [0.2, 0.25) is 0 Å². The minimum Gasteiger partial charge on any atom is -0.490 e. The summed E-state index contributed by atoms with van der Waals surface area (Å²) in [6, 6.07) is 59.6. The number of para-hydroxylation sites is 2. The first kappa shape index (κ1) is 34.4. The number of aliphatic carboxylic acids is 1. The van der Waals surface area contributed by atoms with Gasteiger partial charge in [-0.2, -0.15) is 0 Å². The van der Waals surface area contributed by atoms with E-state index in [0.29, 0.717) is 18.1 Å². The van der Waals surface area contributed by atoms with Crippen LogP contribution in [-0.4, -0.2) is 24.3 Å². The van der Waals surface area contributed by atoms with E-state index in [4.69, 9.17) is 24.1 Å². The zero-order valence-electron chi connectivity index (χ0n) is 28.8. The number of carboxylic acid groups (broad SMARTS) is 1. The van der Waals surface area contributed by atoms with E-state index in [1.54, 1.807) is 24.3 Å². The van der Waals surface area contributed by atoms with Gasteiger partial charge < -0.3 is 24.1 Å². The molecule has 260 valence electrons. The molecule has 0 atom stereocenters. The SMILES string of the molecule is O=C(O)COc1ccc(OCC=C(c2ccc(-c3ccc(Oc4ccccc4)cc3)cc2)c2ccc(-c3ccc(Oc4ccccc4)cc3)cc2)cc1. The third kappa shape index (κ3) is 9.39. The van der Waals surface area contributed by atoms with Crippen LogP contribution in [-0.2, 0) is 4.79 Å². The van der Waals surface area contributed by atoms with E-state index < -0.39 is 12.6 Å². The summed E-state index contributed by atoms with van der Waals surface area (Å²) in [6.45, 7) is -0.0776. The zero-order valence-corrected chi connectivity index (χ0v) is 28.8. The van der Waals surface area contributed by atoms with Gasteiger partial charge in [0.05, 0.1) is 0 Å². The van der Waals surface area contributed by atoms with E-state index >= 15 is 0 Å². The van der Waals surface area contributed by atoms with Crippen LogP contribution in [0.3, 0.4) is 0 Å². The summed E-state index contributed by atoms with van der Waals surface area (Å²) in [5.41, 5.74) is 7.50. The highest BCUT2D eigenvalue weighted by molar-refractivity contribution is 5.82. The molecule has 0 unspecified atom stereocenters. The second-order valence-electron chi connectivity index (χ2n) is 12.1. The fourth-order valence-corrected chi connectivity index (χ4v) is 5.77. The number of hydrogen-bond acceptors (Lipinski definition) is 5. The molecule has 7 rings (SSSR count). The van der Waals surface area contributed by atoms with Crippen LogP contribution in [0.2, 0.25) is 0 Å². The van der Waals surface area contributed by atoms with E-state index in [1.807, 2.05) is 84.9 Å². The van der Waals surface area contributed by atoms with Crippen LogP contribution in [0.1, 0.15) is 11.1 Å². The van der Waals surface area contributed by atoms with Crippen molar-refractivity contribution in [3.05, 3.63) is 199 Å². The maximum Gasteiger partial charge on any atom is 0.341 e. The Hall–Kier alpha value is -7.05. The highest BCUT2D eigenvalue weighted by Crippen LogP contribution is 2.32.